The Morgan fingerprint density at radius 3 is 2.62 bits per heavy atom. The Bertz CT molecular complexity index is 711. The quantitative estimate of drug-likeness (QED) is 0.690. The molecule has 0 saturated carbocycles. The fraction of sp³-hybridized carbons (Fsp3) is 0.389. The van der Waals surface area contributed by atoms with Gasteiger partial charge in [0.25, 0.3) is 0 Å². The number of benzene rings is 1. The molecule has 1 aromatic carbocycles. The third-order valence-corrected chi connectivity index (χ3v) is 4.23. The summed E-state index contributed by atoms with van der Waals surface area (Å²) in [7, 11) is 5.13. The Kier molecular flexibility index (Phi) is 4.93. The first kappa shape index (κ1) is 16.2. The second-order valence-electron chi connectivity index (χ2n) is 5.63. The van der Waals surface area contributed by atoms with Crippen molar-refractivity contribution in [3.8, 4) is 11.5 Å². The molecule has 0 spiro atoms. The van der Waals surface area contributed by atoms with Crippen LogP contribution >= 0.6 is 0 Å². The lowest BCUT2D eigenvalue weighted by Gasteiger charge is -2.32. The lowest BCUT2D eigenvalue weighted by molar-refractivity contribution is 0.345. The number of furan rings is 1. The van der Waals surface area contributed by atoms with Gasteiger partial charge in [-0.15, -0.1) is 0 Å². The van der Waals surface area contributed by atoms with Crippen LogP contribution in [0.4, 0.5) is 0 Å². The number of hydrogen-bond donors (Lipinski definition) is 1. The Morgan fingerprint density at radius 2 is 2.00 bits per heavy atom. The van der Waals surface area contributed by atoms with Crippen molar-refractivity contribution in [2.75, 3.05) is 27.8 Å². The number of nitrogens with zero attached hydrogens (tertiary/aromatic N) is 2. The lowest BCUT2D eigenvalue weighted by atomic mass is 9.99. The van der Waals surface area contributed by atoms with Gasteiger partial charge in [0.2, 0.25) is 0 Å². The van der Waals surface area contributed by atoms with E-state index in [2.05, 4.69) is 27.3 Å². The van der Waals surface area contributed by atoms with Crippen molar-refractivity contribution in [3.05, 3.63) is 47.4 Å². The molecule has 1 aliphatic heterocycles. The van der Waals surface area contributed by atoms with E-state index in [0.717, 1.165) is 42.7 Å². The number of ether oxygens (including phenoxy) is 2. The standard InChI is InChI=1S/C18H23N3O3/c1-19-18(20-11-15-5-4-8-24-15)21-7-6-13-9-16(22-2)17(23-3)10-14(13)12-21/h4-5,8-10H,6-7,11-12H2,1-3H3,(H,19,20). The molecule has 1 N–H and O–H groups in total. The molecule has 1 aliphatic rings. The molecule has 0 amide bonds. The van der Waals surface area contributed by atoms with Gasteiger partial charge in [0.05, 0.1) is 27.0 Å². The molecule has 3 rings (SSSR count). The summed E-state index contributed by atoms with van der Waals surface area (Å²) in [5.41, 5.74) is 2.53. The van der Waals surface area contributed by atoms with Gasteiger partial charge in [-0.3, -0.25) is 4.99 Å². The molecule has 0 aliphatic carbocycles. The van der Waals surface area contributed by atoms with Gasteiger partial charge in [0.15, 0.2) is 17.5 Å². The molecule has 0 atom stereocenters. The van der Waals surface area contributed by atoms with Crippen LogP contribution in [0.3, 0.4) is 0 Å². The minimum atomic E-state index is 0.620. The maximum absolute atomic E-state index is 5.42. The molecule has 128 valence electrons. The van der Waals surface area contributed by atoms with Crippen molar-refractivity contribution < 1.29 is 13.9 Å². The number of guanidine groups is 1. The van der Waals surface area contributed by atoms with E-state index in [0.29, 0.717) is 6.54 Å². The summed E-state index contributed by atoms with van der Waals surface area (Å²) in [6.45, 7) is 2.31. The van der Waals surface area contributed by atoms with Crippen LogP contribution in [0.1, 0.15) is 16.9 Å². The minimum absolute atomic E-state index is 0.620. The average molecular weight is 329 g/mol. The largest absolute Gasteiger partial charge is 0.493 e. The minimum Gasteiger partial charge on any atom is -0.493 e. The van der Waals surface area contributed by atoms with Crippen LogP contribution in [-0.4, -0.2) is 38.7 Å². The van der Waals surface area contributed by atoms with E-state index in [1.807, 2.05) is 12.1 Å². The number of methoxy groups -OCH3 is 2. The number of aliphatic imine (C=N–C) groups is 1. The third-order valence-electron chi connectivity index (χ3n) is 4.23. The van der Waals surface area contributed by atoms with Crippen LogP contribution in [0.25, 0.3) is 0 Å². The zero-order chi connectivity index (χ0) is 16.9. The molecule has 1 aromatic heterocycles. The maximum atomic E-state index is 5.42. The van der Waals surface area contributed by atoms with E-state index in [9.17, 15) is 0 Å². The fourth-order valence-electron chi connectivity index (χ4n) is 2.98. The van der Waals surface area contributed by atoms with Crippen molar-refractivity contribution in [3.63, 3.8) is 0 Å². The second-order valence-corrected chi connectivity index (χ2v) is 5.63. The summed E-state index contributed by atoms with van der Waals surface area (Å²) >= 11 is 0. The summed E-state index contributed by atoms with van der Waals surface area (Å²) in [6, 6.07) is 7.96. The fourth-order valence-corrected chi connectivity index (χ4v) is 2.98. The summed E-state index contributed by atoms with van der Waals surface area (Å²) in [6.07, 6.45) is 2.62. The highest BCUT2D eigenvalue weighted by Gasteiger charge is 2.21. The van der Waals surface area contributed by atoms with E-state index in [1.54, 1.807) is 27.5 Å². The highest BCUT2D eigenvalue weighted by Crippen LogP contribution is 2.33. The van der Waals surface area contributed by atoms with Crippen LogP contribution in [0, 0.1) is 0 Å². The second kappa shape index (κ2) is 7.29. The number of hydrogen-bond acceptors (Lipinski definition) is 4. The molecule has 6 nitrogen and oxygen atoms in total. The van der Waals surface area contributed by atoms with Gasteiger partial charge in [0, 0.05) is 20.1 Å². The van der Waals surface area contributed by atoms with Crippen molar-refractivity contribution in [1.82, 2.24) is 10.2 Å². The summed E-state index contributed by atoms with van der Waals surface area (Å²) in [5, 5.41) is 3.35. The Labute approximate surface area is 142 Å². The molecule has 0 radical (unpaired) electrons. The van der Waals surface area contributed by atoms with Gasteiger partial charge in [0.1, 0.15) is 5.76 Å². The normalized spacial score (nSPS) is 14.3. The maximum Gasteiger partial charge on any atom is 0.194 e. The lowest BCUT2D eigenvalue weighted by Crippen LogP contribution is -2.43. The van der Waals surface area contributed by atoms with E-state index in [1.165, 1.54) is 11.1 Å². The van der Waals surface area contributed by atoms with Crippen molar-refractivity contribution in [2.45, 2.75) is 19.5 Å². The van der Waals surface area contributed by atoms with Crippen LogP contribution < -0.4 is 14.8 Å². The first-order chi connectivity index (χ1) is 11.7. The van der Waals surface area contributed by atoms with Gasteiger partial charge >= 0.3 is 0 Å². The zero-order valence-corrected chi connectivity index (χ0v) is 14.3. The van der Waals surface area contributed by atoms with E-state index in [4.69, 9.17) is 13.9 Å². The predicted molar refractivity (Wildman–Crippen MR) is 92.6 cm³/mol. The van der Waals surface area contributed by atoms with E-state index < -0.39 is 0 Å². The van der Waals surface area contributed by atoms with Crippen LogP contribution in [0.5, 0.6) is 11.5 Å². The summed E-state index contributed by atoms with van der Waals surface area (Å²) in [4.78, 5) is 6.63. The van der Waals surface area contributed by atoms with Gasteiger partial charge in [-0.1, -0.05) is 0 Å². The zero-order valence-electron chi connectivity index (χ0n) is 14.3. The van der Waals surface area contributed by atoms with Crippen LogP contribution in [-0.2, 0) is 19.5 Å². The molecule has 0 fully saturated rings. The van der Waals surface area contributed by atoms with Crippen molar-refractivity contribution in [1.29, 1.82) is 0 Å². The summed E-state index contributed by atoms with van der Waals surface area (Å²) < 4.78 is 16.2. The van der Waals surface area contributed by atoms with Gasteiger partial charge in [-0.2, -0.15) is 0 Å². The molecule has 6 heteroatoms. The van der Waals surface area contributed by atoms with Crippen molar-refractivity contribution in [2.24, 2.45) is 4.99 Å². The van der Waals surface area contributed by atoms with Gasteiger partial charge in [-0.05, 0) is 41.8 Å². The highest BCUT2D eigenvalue weighted by atomic mass is 16.5. The van der Waals surface area contributed by atoms with Crippen LogP contribution in [0.15, 0.2) is 39.9 Å². The topological polar surface area (TPSA) is 59.2 Å². The number of nitrogens with one attached hydrogen (secondary N) is 1. The van der Waals surface area contributed by atoms with Gasteiger partial charge in [-0.25, -0.2) is 0 Å². The Hall–Kier alpha value is -2.63. The Morgan fingerprint density at radius 1 is 1.25 bits per heavy atom. The number of fused-ring (bicyclic) bond motifs is 1. The first-order valence-electron chi connectivity index (χ1n) is 7.97. The molecule has 0 bridgehead atoms. The van der Waals surface area contributed by atoms with Crippen LogP contribution in [0.2, 0.25) is 0 Å². The summed E-state index contributed by atoms with van der Waals surface area (Å²) in [5.74, 6) is 3.30. The average Bonchev–Trinajstić information content (AvgIpc) is 3.14. The molecule has 24 heavy (non-hydrogen) atoms. The monoisotopic (exact) mass is 329 g/mol. The molecular weight excluding hydrogens is 306 g/mol. The van der Waals surface area contributed by atoms with E-state index >= 15 is 0 Å². The Balaban J connectivity index is 1.73. The third kappa shape index (κ3) is 3.32. The SMILES string of the molecule is CN=C(NCc1ccco1)N1CCc2cc(OC)c(OC)cc2C1. The predicted octanol–water partition coefficient (Wildman–Crippen LogP) is 2.43. The molecular formula is C18H23N3O3. The first-order valence-corrected chi connectivity index (χ1v) is 7.97. The molecule has 0 unspecified atom stereocenters. The highest BCUT2D eigenvalue weighted by molar-refractivity contribution is 5.80. The molecule has 2 heterocycles. The molecule has 2 aromatic rings. The van der Waals surface area contributed by atoms with Crippen molar-refractivity contribution >= 4 is 5.96 Å². The smallest absolute Gasteiger partial charge is 0.194 e. The van der Waals surface area contributed by atoms with Gasteiger partial charge < -0.3 is 24.1 Å². The van der Waals surface area contributed by atoms with E-state index in [-0.39, 0.29) is 0 Å². The number of rotatable bonds is 4. The molecule has 0 saturated heterocycles.